The maximum absolute atomic E-state index is 5.47. The van der Waals surface area contributed by atoms with E-state index in [1.54, 1.807) is 7.11 Å². The van der Waals surface area contributed by atoms with E-state index in [2.05, 4.69) is 36.2 Å². The van der Waals surface area contributed by atoms with Gasteiger partial charge in [-0.05, 0) is 38.8 Å². The highest BCUT2D eigenvalue weighted by molar-refractivity contribution is 5.58. The molecule has 3 heteroatoms. The Hall–Kier alpha value is -1.22. The lowest BCUT2D eigenvalue weighted by molar-refractivity contribution is 0.394. The molecule has 2 unspecified atom stereocenters. The molecule has 1 heterocycles. The lowest BCUT2D eigenvalue weighted by atomic mass is 10.1. The summed E-state index contributed by atoms with van der Waals surface area (Å²) in [6.07, 6.45) is 2.34. The molecule has 100 valence electrons. The fourth-order valence-electron chi connectivity index (χ4n) is 2.60. The number of ether oxygens (including phenoxy) is 1. The van der Waals surface area contributed by atoms with Crippen LogP contribution < -0.4 is 15.0 Å². The number of benzene rings is 1. The summed E-state index contributed by atoms with van der Waals surface area (Å²) in [5.74, 6) is 0.978. The molecule has 0 radical (unpaired) electrons. The van der Waals surface area contributed by atoms with Crippen molar-refractivity contribution in [1.82, 2.24) is 5.32 Å². The van der Waals surface area contributed by atoms with Gasteiger partial charge in [0, 0.05) is 25.2 Å². The van der Waals surface area contributed by atoms with Crippen LogP contribution in [0.25, 0.3) is 0 Å². The average molecular weight is 248 g/mol. The van der Waals surface area contributed by atoms with Crippen molar-refractivity contribution in [2.45, 2.75) is 38.8 Å². The van der Waals surface area contributed by atoms with Crippen LogP contribution >= 0.6 is 0 Å². The van der Waals surface area contributed by atoms with Crippen molar-refractivity contribution in [3.63, 3.8) is 0 Å². The summed E-state index contributed by atoms with van der Waals surface area (Å²) in [5.41, 5.74) is 1.22. The first kappa shape index (κ1) is 13.2. The monoisotopic (exact) mass is 248 g/mol. The van der Waals surface area contributed by atoms with Gasteiger partial charge in [-0.15, -0.1) is 0 Å². The van der Waals surface area contributed by atoms with Gasteiger partial charge in [-0.2, -0.15) is 0 Å². The molecule has 1 aromatic rings. The Kier molecular flexibility index (Phi) is 4.48. The fourth-order valence-corrected chi connectivity index (χ4v) is 2.60. The minimum Gasteiger partial charge on any atom is -0.495 e. The van der Waals surface area contributed by atoms with Gasteiger partial charge in [0.25, 0.3) is 0 Å². The Bertz CT molecular complexity index is 369. The SMILES string of the molecule is COc1ccccc1N1CCC(C)NC(C)CC1. The number of para-hydroxylation sites is 2. The molecule has 0 amide bonds. The molecule has 1 N–H and O–H groups in total. The first-order valence-electron chi connectivity index (χ1n) is 6.84. The van der Waals surface area contributed by atoms with Crippen molar-refractivity contribution in [2.75, 3.05) is 25.1 Å². The van der Waals surface area contributed by atoms with Gasteiger partial charge >= 0.3 is 0 Å². The van der Waals surface area contributed by atoms with Crippen LogP contribution in [0.3, 0.4) is 0 Å². The molecule has 1 aliphatic rings. The average Bonchev–Trinajstić information content (AvgIpc) is 2.37. The third-order valence-corrected chi connectivity index (χ3v) is 3.66. The topological polar surface area (TPSA) is 24.5 Å². The molecule has 1 aliphatic heterocycles. The lowest BCUT2D eigenvalue weighted by Crippen LogP contribution is -2.43. The second-order valence-electron chi connectivity index (χ2n) is 5.21. The number of methoxy groups -OCH3 is 1. The summed E-state index contributed by atoms with van der Waals surface area (Å²) in [6, 6.07) is 9.47. The number of hydrogen-bond acceptors (Lipinski definition) is 3. The molecular formula is C15H24N2O. The molecule has 1 saturated heterocycles. The van der Waals surface area contributed by atoms with E-state index >= 15 is 0 Å². The highest BCUT2D eigenvalue weighted by Crippen LogP contribution is 2.28. The molecule has 0 aliphatic carbocycles. The first-order chi connectivity index (χ1) is 8.70. The smallest absolute Gasteiger partial charge is 0.142 e. The van der Waals surface area contributed by atoms with Gasteiger partial charge in [0.15, 0.2) is 0 Å². The van der Waals surface area contributed by atoms with Crippen LogP contribution in [-0.4, -0.2) is 32.3 Å². The second kappa shape index (κ2) is 6.10. The number of rotatable bonds is 2. The molecule has 0 saturated carbocycles. The van der Waals surface area contributed by atoms with Crippen molar-refractivity contribution >= 4 is 5.69 Å². The summed E-state index contributed by atoms with van der Waals surface area (Å²) in [5, 5.41) is 3.62. The molecular weight excluding hydrogens is 224 g/mol. The van der Waals surface area contributed by atoms with Crippen LogP contribution in [0.2, 0.25) is 0 Å². The van der Waals surface area contributed by atoms with Gasteiger partial charge in [0.2, 0.25) is 0 Å². The van der Waals surface area contributed by atoms with Crippen molar-refractivity contribution in [3.8, 4) is 5.75 Å². The van der Waals surface area contributed by atoms with E-state index in [9.17, 15) is 0 Å². The van der Waals surface area contributed by atoms with Crippen molar-refractivity contribution in [1.29, 1.82) is 0 Å². The number of anilines is 1. The van der Waals surface area contributed by atoms with Crippen LogP contribution in [0.1, 0.15) is 26.7 Å². The van der Waals surface area contributed by atoms with E-state index in [4.69, 9.17) is 4.74 Å². The van der Waals surface area contributed by atoms with E-state index in [-0.39, 0.29) is 0 Å². The Morgan fingerprint density at radius 2 is 1.72 bits per heavy atom. The molecule has 18 heavy (non-hydrogen) atoms. The molecule has 0 spiro atoms. The number of hydrogen-bond donors (Lipinski definition) is 1. The Morgan fingerprint density at radius 1 is 1.11 bits per heavy atom. The van der Waals surface area contributed by atoms with Crippen LogP contribution in [0.5, 0.6) is 5.75 Å². The number of nitrogens with one attached hydrogen (secondary N) is 1. The van der Waals surface area contributed by atoms with Gasteiger partial charge in [-0.25, -0.2) is 0 Å². The van der Waals surface area contributed by atoms with Gasteiger partial charge < -0.3 is 15.0 Å². The summed E-state index contributed by atoms with van der Waals surface area (Å²) < 4.78 is 5.47. The first-order valence-corrected chi connectivity index (χ1v) is 6.84. The normalized spacial score (nSPS) is 25.4. The van der Waals surface area contributed by atoms with E-state index in [1.807, 2.05) is 12.1 Å². The predicted molar refractivity (Wildman–Crippen MR) is 76.5 cm³/mol. The molecule has 0 bridgehead atoms. The highest BCUT2D eigenvalue weighted by Gasteiger charge is 2.18. The molecule has 2 rings (SSSR count). The maximum atomic E-state index is 5.47. The molecule has 2 atom stereocenters. The summed E-state index contributed by atoms with van der Waals surface area (Å²) in [6.45, 7) is 6.70. The van der Waals surface area contributed by atoms with E-state index in [0.717, 1.165) is 18.8 Å². The van der Waals surface area contributed by atoms with Crippen molar-refractivity contribution in [3.05, 3.63) is 24.3 Å². The van der Waals surface area contributed by atoms with E-state index in [1.165, 1.54) is 18.5 Å². The molecule has 0 aromatic heterocycles. The molecule has 3 nitrogen and oxygen atoms in total. The van der Waals surface area contributed by atoms with E-state index < -0.39 is 0 Å². The third-order valence-electron chi connectivity index (χ3n) is 3.66. The Balaban J connectivity index is 2.15. The van der Waals surface area contributed by atoms with Crippen LogP contribution in [0, 0.1) is 0 Å². The largest absolute Gasteiger partial charge is 0.495 e. The van der Waals surface area contributed by atoms with Gasteiger partial charge in [-0.1, -0.05) is 12.1 Å². The van der Waals surface area contributed by atoms with Crippen LogP contribution in [0.15, 0.2) is 24.3 Å². The molecule has 1 fully saturated rings. The zero-order valence-corrected chi connectivity index (χ0v) is 11.6. The van der Waals surface area contributed by atoms with Crippen LogP contribution in [0.4, 0.5) is 5.69 Å². The maximum Gasteiger partial charge on any atom is 0.142 e. The summed E-state index contributed by atoms with van der Waals surface area (Å²) in [4.78, 5) is 2.45. The highest BCUT2D eigenvalue weighted by atomic mass is 16.5. The Labute approximate surface area is 110 Å². The number of nitrogens with zero attached hydrogens (tertiary/aromatic N) is 1. The minimum absolute atomic E-state index is 0.581. The van der Waals surface area contributed by atoms with E-state index in [0.29, 0.717) is 12.1 Å². The summed E-state index contributed by atoms with van der Waals surface area (Å²) >= 11 is 0. The zero-order chi connectivity index (χ0) is 13.0. The quantitative estimate of drug-likeness (QED) is 0.871. The van der Waals surface area contributed by atoms with Gasteiger partial charge in [-0.3, -0.25) is 0 Å². The lowest BCUT2D eigenvalue weighted by Gasteiger charge is -2.33. The fraction of sp³-hybridized carbons (Fsp3) is 0.600. The zero-order valence-electron chi connectivity index (χ0n) is 11.6. The van der Waals surface area contributed by atoms with Crippen molar-refractivity contribution in [2.24, 2.45) is 0 Å². The third kappa shape index (κ3) is 3.16. The Morgan fingerprint density at radius 3 is 2.33 bits per heavy atom. The minimum atomic E-state index is 0.581. The van der Waals surface area contributed by atoms with Crippen LogP contribution in [-0.2, 0) is 0 Å². The predicted octanol–water partition coefficient (Wildman–Crippen LogP) is 2.66. The van der Waals surface area contributed by atoms with Gasteiger partial charge in [0.1, 0.15) is 5.75 Å². The van der Waals surface area contributed by atoms with Gasteiger partial charge in [0.05, 0.1) is 12.8 Å². The van der Waals surface area contributed by atoms with Crippen molar-refractivity contribution < 1.29 is 4.74 Å². The standard InChI is InChI=1S/C15H24N2O/c1-12-8-10-17(11-9-13(2)16-12)14-6-4-5-7-15(14)18-3/h4-7,12-13,16H,8-11H2,1-3H3. The summed E-state index contributed by atoms with van der Waals surface area (Å²) in [7, 11) is 1.75. The molecule has 1 aromatic carbocycles. The second-order valence-corrected chi connectivity index (χ2v) is 5.21.